The van der Waals surface area contributed by atoms with Crippen LogP contribution in [-0.2, 0) is 9.47 Å². The highest BCUT2D eigenvalue weighted by Gasteiger charge is 2.22. The Morgan fingerprint density at radius 3 is 2.17 bits per heavy atom. The maximum absolute atomic E-state index is 8.63. The lowest BCUT2D eigenvalue weighted by molar-refractivity contribution is 0.0440. The van der Waals surface area contributed by atoms with Gasteiger partial charge < -0.3 is 20.4 Å². The van der Waals surface area contributed by atoms with Crippen molar-refractivity contribution in [2.24, 2.45) is 16.3 Å². The molecule has 0 heterocycles. The standard InChI is InChI=1S/C13H28N2O3/c1-4-5-8-17-10-11-18-9-6-7-13(2,3)12(14)15-16/h16H,4-11H2,1-3H3,(H2,14,15). The molecule has 0 aromatic carbocycles. The minimum atomic E-state index is -0.282. The van der Waals surface area contributed by atoms with E-state index in [1.807, 2.05) is 13.8 Å². The second-order valence-corrected chi connectivity index (χ2v) is 5.05. The molecule has 18 heavy (non-hydrogen) atoms. The van der Waals surface area contributed by atoms with Gasteiger partial charge in [0.25, 0.3) is 0 Å². The Hall–Kier alpha value is -0.810. The summed E-state index contributed by atoms with van der Waals surface area (Å²) >= 11 is 0. The van der Waals surface area contributed by atoms with Gasteiger partial charge in [-0.3, -0.25) is 0 Å². The van der Waals surface area contributed by atoms with Crippen LogP contribution in [0, 0.1) is 5.41 Å². The van der Waals surface area contributed by atoms with E-state index >= 15 is 0 Å². The molecule has 0 rings (SSSR count). The average Bonchev–Trinajstić information content (AvgIpc) is 2.35. The zero-order valence-corrected chi connectivity index (χ0v) is 11.9. The summed E-state index contributed by atoms with van der Waals surface area (Å²) in [5.74, 6) is 0.269. The lowest BCUT2D eigenvalue weighted by Crippen LogP contribution is -2.32. The van der Waals surface area contributed by atoms with Crippen LogP contribution in [0.15, 0.2) is 5.16 Å². The zero-order chi connectivity index (χ0) is 13.9. The molecule has 0 fully saturated rings. The predicted molar refractivity (Wildman–Crippen MR) is 73.0 cm³/mol. The van der Waals surface area contributed by atoms with Crippen molar-refractivity contribution in [1.82, 2.24) is 0 Å². The van der Waals surface area contributed by atoms with Gasteiger partial charge in [-0.1, -0.05) is 32.3 Å². The minimum absolute atomic E-state index is 0.269. The molecule has 0 aliphatic heterocycles. The molecule has 0 aromatic rings. The van der Waals surface area contributed by atoms with Gasteiger partial charge in [-0.25, -0.2) is 0 Å². The molecule has 0 spiro atoms. The molecule has 3 N–H and O–H groups in total. The number of rotatable bonds is 11. The van der Waals surface area contributed by atoms with Crippen molar-refractivity contribution < 1.29 is 14.7 Å². The highest BCUT2D eigenvalue weighted by atomic mass is 16.5. The van der Waals surface area contributed by atoms with Crippen LogP contribution < -0.4 is 5.73 Å². The van der Waals surface area contributed by atoms with Gasteiger partial charge in [0, 0.05) is 18.6 Å². The van der Waals surface area contributed by atoms with E-state index in [2.05, 4.69) is 12.1 Å². The van der Waals surface area contributed by atoms with Crippen molar-refractivity contribution in [2.45, 2.75) is 46.5 Å². The van der Waals surface area contributed by atoms with E-state index in [-0.39, 0.29) is 11.3 Å². The molecule has 0 aliphatic carbocycles. The number of ether oxygens (including phenoxy) is 2. The van der Waals surface area contributed by atoms with E-state index in [9.17, 15) is 0 Å². The summed E-state index contributed by atoms with van der Waals surface area (Å²) in [6.07, 6.45) is 3.98. The van der Waals surface area contributed by atoms with Gasteiger partial charge >= 0.3 is 0 Å². The Bertz CT molecular complexity index is 230. The van der Waals surface area contributed by atoms with E-state index in [4.69, 9.17) is 20.4 Å². The van der Waals surface area contributed by atoms with Crippen LogP contribution in [0.1, 0.15) is 46.5 Å². The van der Waals surface area contributed by atoms with Gasteiger partial charge in [0.15, 0.2) is 0 Å². The highest BCUT2D eigenvalue weighted by molar-refractivity contribution is 5.85. The van der Waals surface area contributed by atoms with Gasteiger partial charge in [0.2, 0.25) is 0 Å². The number of amidine groups is 1. The van der Waals surface area contributed by atoms with Gasteiger partial charge in [0.05, 0.1) is 13.2 Å². The maximum atomic E-state index is 8.63. The largest absolute Gasteiger partial charge is 0.409 e. The Labute approximate surface area is 110 Å². The zero-order valence-electron chi connectivity index (χ0n) is 11.9. The summed E-state index contributed by atoms with van der Waals surface area (Å²) in [7, 11) is 0. The Kier molecular flexibility index (Phi) is 9.69. The Morgan fingerprint density at radius 1 is 1.11 bits per heavy atom. The van der Waals surface area contributed by atoms with Crippen molar-refractivity contribution in [1.29, 1.82) is 0 Å². The van der Waals surface area contributed by atoms with Crippen LogP contribution in [0.4, 0.5) is 0 Å². The molecule has 5 nitrogen and oxygen atoms in total. The number of nitrogens with zero attached hydrogens (tertiary/aromatic N) is 1. The van der Waals surface area contributed by atoms with Gasteiger partial charge in [-0.15, -0.1) is 0 Å². The van der Waals surface area contributed by atoms with Gasteiger partial charge in [0.1, 0.15) is 5.84 Å². The quantitative estimate of drug-likeness (QED) is 0.196. The molecule has 0 aliphatic rings. The van der Waals surface area contributed by atoms with Crippen molar-refractivity contribution >= 4 is 5.84 Å². The summed E-state index contributed by atoms with van der Waals surface area (Å²) in [6.45, 7) is 8.84. The summed E-state index contributed by atoms with van der Waals surface area (Å²) in [5, 5.41) is 11.7. The van der Waals surface area contributed by atoms with Gasteiger partial charge in [-0.2, -0.15) is 0 Å². The normalized spacial score (nSPS) is 12.9. The molecule has 0 bridgehead atoms. The fraction of sp³-hybridized carbons (Fsp3) is 0.923. The van der Waals surface area contributed by atoms with Crippen LogP contribution in [-0.4, -0.2) is 37.5 Å². The van der Waals surface area contributed by atoms with Crippen molar-refractivity contribution in [3.05, 3.63) is 0 Å². The highest BCUT2D eigenvalue weighted by Crippen LogP contribution is 2.22. The number of unbranched alkanes of at least 4 members (excludes halogenated alkanes) is 1. The van der Waals surface area contributed by atoms with Crippen molar-refractivity contribution in [3.8, 4) is 0 Å². The second kappa shape index (κ2) is 10.1. The van der Waals surface area contributed by atoms with Gasteiger partial charge in [-0.05, 0) is 19.3 Å². The molecule has 0 radical (unpaired) electrons. The Morgan fingerprint density at radius 2 is 1.67 bits per heavy atom. The third-order valence-electron chi connectivity index (χ3n) is 2.91. The number of hydrogen-bond acceptors (Lipinski definition) is 4. The molecule has 0 aromatic heterocycles. The lowest BCUT2D eigenvalue weighted by atomic mass is 9.87. The fourth-order valence-electron chi connectivity index (χ4n) is 1.45. The molecule has 0 saturated heterocycles. The van der Waals surface area contributed by atoms with Crippen LogP contribution in [0.5, 0.6) is 0 Å². The summed E-state index contributed by atoms with van der Waals surface area (Å²) < 4.78 is 10.8. The van der Waals surface area contributed by atoms with Crippen LogP contribution >= 0.6 is 0 Å². The number of hydrogen-bond donors (Lipinski definition) is 2. The lowest BCUT2D eigenvalue weighted by Gasteiger charge is -2.22. The van der Waals surface area contributed by atoms with E-state index in [1.54, 1.807) is 0 Å². The summed E-state index contributed by atoms with van der Waals surface area (Å²) in [6, 6.07) is 0. The summed E-state index contributed by atoms with van der Waals surface area (Å²) in [4.78, 5) is 0. The first-order valence-corrected chi connectivity index (χ1v) is 6.68. The predicted octanol–water partition coefficient (Wildman–Crippen LogP) is 2.37. The molecule has 108 valence electrons. The number of nitrogens with two attached hydrogens (primary N) is 1. The smallest absolute Gasteiger partial charge is 0.144 e. The van der Waals surface area contributed by atoms with E-state index < -0.39 is 0 Å². The van der Waals surface area contributed by atoms with Crippen LogP contribution in [0.2, 0.25) is 0 Å². The SMILES string of the molecule is CCCCOCCOCCCC(C)(C)C(N)=NO. The topological polar surface area (TPSA) is 77.1 Å². The van der Waals surface area contributed by atoms with E-state index in [0.29, 0.717) is 19.8 Å². The second-order valence-electron chi connectivity index (χ2n) is 5.05. The minimum Gasteiger partial charge on any atom is -0.409 e. The van der Waals surface area contributed by atoms with Crippen molar-refractivity contribution in [2.75, 3.05) is 26.4 Å². The fourth-order valence-corrected chi connectivity index (χ4v) is 1.45. The van der Waals surface area contributed by atoms with Crippen LogP contribution in [0.25, 0.3) is 0 Å². The first kappa shape index (κ1) is 17.2. The van der Waals surface area contributed by atoms with E-state index in [0.717, 1.165) is 32.3 Å². The molecular weight excluding hydrogens is 232 g/mol. The molecule has 0 saturated carbocycles. The molecule has 0 atom stereocenters. The molecule has 0 amide bonds. The molecule has 0 unspecified atom stereocenters. The number of oxime groups is 1. The van der Waals surface area contributed by atoms with Crippen LogP contribution in [0.3, 0.4) is 0 Å². The van der Waals surface area contributed by atoms with Crippen molar-refractivity contribution in [3.63, 3.8) is 0 Å². The summed E-state index contributed by atoms with van der Waals surface area (Å²) in [5.41, 5.74) is 5.32. The monoisotopic (exact) mass is 260 g/mol. The first-order chi connectivity index (χ1) is 8.54. The average molecular weight is 260 g/mol. The third kappa shape index (κ3) is 8.31. The first-order valence-electron chi connectivity index (χ1n) is 6.68. The molecular formula is C13H28N2O3. The molecule has 5 heteroatoms. The maximum Gasteiger partial charge on any atom is 0.144 e. The Balaban J connectivity index is 3.40. The van der Waals surface area contributed by atoms with E-state index in [1.165, 1.54) is 0 Å². The third-order valence-corrected chi connectivity index (χ3v) is 2.91.